The Hall–Kier alpha value is -1.61. The Balaban J connectivity index is 2.27. The zero-order valence-corrected chi connectivity index (χ0v) is 11.5. The molecule has 1 aromatic heterocycles. The van der Waals surface area contributed by atoms with Crippen LogP contribution in [0.2, 0.25) is 5.02 Å². The second kappa shape index (κ2) is 4.94. The van der Waals surface area contributed by atoms with Crippen molar-refractivity contribution in [2.75, 3.05) is 0 Å². The highest BCUT2D eigenvalue weighted by Crippen LogP contribution is 2.21. The van der Waals surface area contributed by atoms with Crippen LogP contribution in [0.3, 0.4) is 0 Å². The molecular formula is C14H15ClN2O. The van der Waals surface area contributed by atoms with Crippen LogP contribution in [0.25, 0.3) is 0 Å². The third kappa shape index (κ3) is 2.46. The lowest BCUT2D eigenvalue weighted by Crippen LogP contribution is -2.08. The van der Waals surface area contributed by atoms with Crippen LogP contribution in [0.1, 0.15) is 27.3 Å². The fourth-order valence-electron chi connectivity index (χ4n) is 1.94. The number of hydrogen-bond acceptors (Lipinski definition) is 2. The summed E-state index contributed by atoms with van der Waals surface area (Å²) < 4.78 is 1.67. The van der Waals surface area contributed by atoms with Crippen LogP contribution in [-0.2, 0) is 13.5 Å². The summed E-state index contributed by atoms with van der Waals surface area (Å²) in [5.41, 5.74) is 3.31. The molecule has 0 radical (unpaired) electrons. The van der Waals surface area contributed by atoms with Crippen LogP contribution >= 0.6 is 11.6 Å². The van der Waals surface area contributed by atoms with Gasteiger partial charge in [0.25, 0.3) is 0 Å². The molecule has 3 nitrogen and oxygen atoms in total. The number of nitrogens with zero attached hydrogens (tertiary/aromatic N) is 2. The van der Waals surface area contributed by atoms with E-state index in [1.54, 1.807) is 11.7 Å². The molecule has 0 N–H and O–H groups in total. The minimum atomic E-state index is 0.0589. The molecule has 0 spiro atoms. The molecule has 0 atom stereocenters. The maximum absolute atomic E-state index is 12.2. The van der Waals surface area contributed by atoms with Crippen LogP contribution in [0.15, 0.2) is 24.3 Å². The molecule has 94 valence electrons. The Morgan fingerprint density at radius 1 is 1.39 bits per heavy atom. The van der Waals surface area contributed by atoms with Crippen LogP contribution in [0, 0.1) is 13.8 Å². The van der Waals surface area contributed by atoms with E-state index in [-0.39, 0.29) is 12.2 Å². The molecule has 0 fully saturated rings. The SMILES string of the molecule is Cc1cccc(C(=O)Cc2c(Cl)c(C)nn2C)c1. The van der Waals surface area contributed by atoms with E-state index >= 15 is 0 Å². The van der Waals surface area contributed by atoms with E-state index in [2.05, 4.69) is 5.10 Å². The average Bonchev–Trinajstić information content (AvgIpc) is 2.56. The minimum Gasteiger partial charge on any atom is -0.294 e. The van der Waals surface area contributed by atoms with Gasteiger partial charge < -0.3 is 0 Å². The van der Waals surface area contributed by atoms with Gasteiger partial charge in [0, 0.05) is 12.6 Å². The molecule has 0 saturated heterocycles. The summed E-state index contributed by atoms with van der Waals surface area (Å²) in [7, 11) is 1.80. The fraction of sp³-hybridized carbons (Fsp3) is 0.286. The lowest BCUT2D eigenvalue weighted by molar-refractivity contribution is 0.0990. The van der Waals surface area contributed by atoms with Gasteiger partial charge in [0.1, 0.15) is 0 Å². The summed E-state index contributed by atoms with van der Waals surface area (Å²) in [5, 5.41) is 4.79. The van der Waals surface area contributed by atoms with Crippen molar-refractivity contribution in [2.45, 2.75) is 20.3 Å². The molecular weight excluding hydrogens is 248 g/mol. The van der Waals surface area contributed by atoms with Crippen LogP contribution in [0.5, 0.6) is 0 Å². The molecule has 0 saturated carbocycles. The molecule has 2 rings (SSSR count). The Bertz CT molecular complexity index is 602. The summed E-state index contributed by atoms with van der Waals surface area (Å²) in [4.78, 5) is 12.2. The maximum atomic E-state index is 12.2. The number of aromatic nitrogens is 2. The van der Waals surface area contributed by atoms with Gasteiger partial charge in [0.15, 0.2) is 5.78 Å². The van der Waals surface area contributed by atoms with E-state index < -0.39 is 0 Å². The minimum absolute atomic E-state index is 0.0589. The molecule has 0 aliphatic carbocycles. The molecule has 1 heterocycles. The van der Waals surface area contributed by atoms with Gasteiger partial charge in [-0.15, -0.1) is 0 Å². The number of Topliss-reactive ketones (excluding diaryl/α,β-unsaturated/α-hetero) is 1. The second-order valence-electron chi connectivity index (χ2n) is 4.44. The number of carbonyl (C=O) groups excluding carboxylic acids is 1. The van der Waals surface area contributed by atoms with Gasteiger partial charge in [-0.3, -0.25) is 9.48 Å². The Morgan fingerprint density at radius 2 is 2.11 bits per heavy atom. The van der Waals surface area contributed by atoms with Crippen LogP contribution in [-0.4, -0.2) is 15.6 Å². The zero-order chi connectivity index (χ0) is 13.3. The average molecular weight is 263 g/mol. The van der Waals surface area contributed by atoms with E-state index in [4.69, 9.17) is 11.6 Å². The first-order valence-electron chi connectivity index (χ1n) is 5.77. The first-order valence-corrected chi connectivity index (χ1v) is 6.14. The lowest BCUT2D eigenvalue weighted by Gasteiger charge is -2.03. The number of carbonyl (C=O) groups is 1. The van der Waals surface area contributed by atoms with Crippen molar-refractivity contribution in [1.29, 1.82) is 0 Å². The lowest BCUT2D eigenvalue weighted by atomic mass is 10.0. The van der Waals surface area contributed by atoms with E-state index in [0.29, 0.717) is 10.6 Å². The topological polar surface area (TPSA) is 34.9 Å². The van der Waals surface area contributed by atoms with Crippen molar-refractivity contribution in [3.05, 3.63) is 51.8 Å². The molecule has 18 heavy (non-hydrogen) atoms. The molecule has 4 heteroatoms. The molecule has 0 unspecified atom stereocenters. The molecule has 0 amide bonds. The highest BCUT2D eigenvalue weighted by Gasteiger charge is 2.15. The third-order valence-electron chi connectivity index (χ3n) is 2.93. The van der Waals surface area contributed by atoms with Gasteiger partial charge in [0.05, 0.1) is 22.8 Å². The summed E-state index contributed by atoms with van der Waals surface area (Å²) >= 11 is 6.14. The van der Waals surface area contributed by atoms with Crippen molar-refractivity contribution >= 4 is 17.4 Å². The Labute approximate surface area is 111 Å². The predicted octanol–water partition coefficient (Wildman–Crippen LogP) is 3.12. The van der Waals surface area contributed by atoms with Crippen LogP contribution in [0.4, 0.5) is 0 Å². The standard InChI is InChI=1S/C14H15ClN2O/c1-9-5-4-6-11(7-9)13(18)8-12-14(15)10(2)16-17(12)3/h4-7H,8H2,1-3H3. The smallest absolute Gasteiger partial charge is 0.168 e. The highest BCUT2D eigenvalue weighted by molar-refractivity contribution is 6.32. The van der Waals surface area contributed by atoms with Gasteiger partial charge in [-0.2, -0.15) is 5.10 Å². The largest absolute Gasteiger partial charge is 0.294 e. The van der Waals surface area contributed by atoms with Gasteiger partial charge in [-0.05, 0) is 19.9 Å². The van der Waals surface area contributed by atoms with Crippen molar-refractivity contribution < 1.29 is 4.79 Å². The molecule has 1 aromatic carbocycles. The van der Waals surface area contributed by atoms with Gasteiger partial charge in [-0.1, -0.05) is 35.4 Å². The number of ketones is 1. The summed E-state index contributed by atoms with van der Waals surface area (Å²) in [6, 6.07) is 7.57. The normalized spacial score (nSPS) is 10.7. The van der Waals surface area contributed by atoms with E-state index in [1.807, 2.05) is 38.1 Å². The number of rotatable bonds is 3. The first-order chi connectivity index (χ1) is 8.49. The fourth-order valence-corrected chi connectivity index (χ4v) is 2.17. The van der Waals surface area contributed by atoms with E-state index in [1.165, 1.54) is 0 Å². The molecule has 0 bridgehead atoms. The maximum Gasteiger partial charge on any atom is 0.168 e. The van der Waals surface area contributed by atoms with Crippen LogP contribution < -0.4 is 0 Å². The molecule has 0 aliphatic rings. The number of benzene rings is 1. The van der Waals surface area contributed by atoms with E-state index in [9.17, 15) is 4.79 Å². The number of halogens is 1. The number of hydrogen-bond donors (Lipinski definition) is 0. The van der Waals surface area contributed by atoms with E-state index in [0.717, 1.165) is 17.0 Å². The summed E-state index contributed by atoms with van der Waals surface area (Å²) in [6.45, 7) is 3.81. The summed E-state index contributed by atoms with van der Waals surface area (Å²) in [6.07, 6.45) is 0.277. The second-order valence-corrected chi connectivity index (χ2v) is 4.82. The zero-order valence-electron chi connectivity index (χ0n) is 10.7. The van der Waals surface area contributed by atoms with Crippen molar-refractivity contribution in [3.63, 3.8) is 0 Å². The van der Waals surface area contributed by atoms with Gasteiger partial charge in [0.2, 0.25) is 0 Å². The number of aryl methyl sites for hydroxylation is 3. The van der Waals surface area contributed by atoms with Gasteiger partial charge >= 0.3 is 0 Å². The summed E-state index contributed by atoms with van der Waals surface area (Å²) in [5.74, 6) is 0.0589. The Morgan fingerprint density at radius 3 is 2.67 bits per heavy atom. The van der Waals surface area contributed by atoms with Gasteiger partial charge in [-0.25, -0.2) is 0 Å². The third-order valence-corrected chi connectivity index (χ3v) is 3.42. The van der Waals surface area contributed by atoms with Crippen molar-refractivity contribution in [2.24, 2.45) is 7.05 Å². The quantitative estimate of drug-likeness (QED) is 0.797. The van der Waals surface area contributed by atoms with Crippen molar-refractivity contribution in [1.82, 2.24) is 9.78 Å². The first kappa shape index (κ1) is 12.8. The van der Waals surface area contributed by atoms with Crippen molar-refractivity contribution in [3.8, 4) is 0 Å². The monoisotopic (exact) mass is 262 g/mol. The predicted molar refractivity (Wildman–Crippen MR) is 72.2 cm³/mol. The highest BCUT2D eigenvalue weighted by atomic mass is 35.5. The Kier molecular flexibility index (Phi) is 3.53. The molecule has 0 aliphatic heterocycles. The molecule has 2 aromatic rings.